The lowest BCUT2D eigenvalue weighted by molar-refractivity contribution is -0.131. The summed E-state index contributed by atoms with van der Waals surface area (Å²) in [6.45, 7) is 4.92. The molecule has 1 saturated heterocycles. The molecule has 1 N–H and O–H groups in total. The Morgan fingerprint density at radius 3 is 2.54 bits per heavy atom. The van der Waals surface area contributed by atoms with Crippen molar-refractivity contribution in [3.8, 4) is 0 Å². The van der Waals surface area contributed by atoms with E-state index in [0.29, 0.717) is 0 Å². The molecule has 0 spiro atoms. The maximum Gasteiger partial charge on any atom is 0.328 e. The molecule has 1 heterocycles. The first-order valence-corrected chi connectivity index (χ1v) is 4.81. The van der Waals surface area contributed by atoms with Gasteiger partial charge >= 0.3 is 5.97 Å². The van der Waals surface area contributed by atoms with Crippen LogP contribution in [0.2, 0.25) is 0 Å². The molecular formula is C10H17NO2. The van der Waals surface area contributed by atoms with Crippen LogP contribution in [0.1, 0.15) is 26.2 Å². The van der Waals surface area contributed by atoms with Crippen LogP contribution in [0.3, 0.4) is 0 Å². The first-order chi connectivity index (χ1) is 6.18. The van der Waals surface area contributed by atoms with E-state index in [1.807, 2.05) is 6.92 Å². The van der Waals surface area contributed by atoms with E-state index in [1.165, 1.54) is 25.3 Å². The fourth-order valence-electron chi connectivity index (χ4n) is 1.73. The molecule has 0 bridgehead atoms. The molecule has 0 aromatic carbocycles. The normalized spacial score (nSPS) is 20.2. The fourth-order valence-corrected chi connectivity index (χ4v) is 1.73. The van der Waals surface area contributed by atoms with Crippen LogP contribution >= 0.6 is 0 Å². The first-order valence-electron chi connectivity index (χ1n) is 4.81. The molecule has 0 radical (unpaired) electrons. The molecule has 13 heavy (non-hydrogen) atoms. The fraction of sp³-hybridized carbons (Fsp3) is 0.700. The Balaban J connectivity index is 2.33. The number of nitrogens with zero attached hydrogens (tertiary/aromatic N) is 1. The van der Waals surface area contributed by atoms with Gasteiger partial charge in [-0.05, 0) is 32.9 Å². The van der Waals surface area contributed by atoms with Gasteiger partial charge in [-0.2, -0.15) is 0 Å². The van der Waals surface area contributed by atoms with Gasteiger partial charge in [0.05, 0.1) is 0 Å². The summed E-state index contributed by atoms with van der Waals surface area (Å²) in [7, 11) is 0. The summed E-state index contributed by atoms with van der Waals surface area (Å²) >= 11 is 0. The van der Waals surface area contributed by atoms with Crippen molar-refractivity contribution in [1.82, 2.24) is 4.90 Å². The van der Waals surface area contributed by atoms with E-state index >= 15 is 0 Å². The predicted octanol–water partition coefficient (Wildman–Crippen LogP) is 1.50. The van der Waals surface area contributed by atoms with Gasteiger partial charge in [0.25, 0.3) is 0 Å². The Kier molecular flexibility index (Phi) is 3.96. The predicted molar refractivity (Wildman–Crippen MR) is 51.7 cm³/mol. The van der Waals surface area contributed by atoms with Crippen LogP contribution in [0.4, 0.5) is 0 Å². The van der Waals surface area contributed by atoms with Crippen molar-refractivity contribution in [2.45, 2.75) is 26.2 Å². The number of rotatable bonds is 3. The smallest absolute Gasteiger partial charge is 0.328 e. The van der Waals surface area contributed by atoms with E-state index < -0.39 is 5.97 Å². The molecule has 3 heteroatoms. The number of aliphatic carboxylic acids is 1. The average molecular weight is 183 g/mol. The standard InChI is InChI=1S/C10H17NO2/c1-9(7-10(12)13)8-11-5-3-2-4-6-11/h7H,2-6,8H2,1H3,(H,12,13). The Morgan fingerprint density at radius 2 is 2.00 bits per heavy atom. The summed E-state index contributed by atoms with van der Waals surface area (Å²) in [6, 6.07) is 0. The van der Waals surface area contributed by atoms with E-state index in [2.05, 4.69) is 4.90 Å². The lowest BCUT2D eigenvalue weighted by Gasteiger charge is -2.26. The maximum atomic E-state index is 10.4. The molecule has 1 aliphatic heterocycles. The van der Waals surface area contributed by atoms with Gasteiger partial charge in [0.1, 0.15) is 0 Å². The zero-order valence-corrected chi connectivity index (χ0v) is 8.12. The molecule has 74 valence electrons. The average Bonchev–Trinajstić information content (AvgIpc) is 2.04. The minimum atomic E-state index is -0.838. The van der Waals surface area contributed by atoms with Crippen LogP contribution in [0.5, 0.6) is 0 Å². The van der Waals surface area contributed by atoms with Crippen molar-refractivity contribution in [2.75, 3.05) is 19.6 Å². The highest BCUT2D eigenvalue weighted by Gasteiger charge is 2.09. The third-order valence-electron chi connectivity index (χ3n) is 2.29. The van der Waals surface area contributed by atoms with E-state index in [0.717, 1.165) is 25.2 Å². The summed E-state index contributed by atoms with van der Waals surface area (Å²) in [5, 5.41) is 8.52. The van der Waals surface area contributed by atoms with Gasteiger partial charge in [-0.15, -0.1) is 0 Å². The Bertz CT molecular complexity index is 205. The highest BCUT2D eigenvalue weighted by molar-refractivity contribution is 5.80. The van der Waals surface area contributed by atoms with Crippen molar-refractivity contribution < 1.29 is 9.90 Å². The summed E-state index contributed by atoms with van der Waals surface area (Å²) in [5.74, 6) is -0.838. The first kappa shape index (κ1) is 10.3. The van der Waals surface area contributed by atoms with E-state index in [4.69, 9.17) is 5.11 Å². The topological polar surface area (TPSA) is 40.5 Å². The minimum absolute atomic E-state index is 0.812. The number of carbonyl (C=O) groups is 1. The molecule has 0 aromatic rings. The quantitative estimate of drug-likeness (QED) is 0.674. The number of carboxylic acids is 1. The second-order valence-electron chi connectivity index (χ2n) is 3.67. The van der Waals surface area contributed by atoms with Crippen molar-refractivity contribution in [3.05, 3.63) is 11.6 Å². The van der Waals surface area contributed by atoms with Crippen molar-refractivity contribution >= 4 is 5.97 Å². The third kappa shape index (κ3) is 4.08. The molecule has 0 atom stereocenters. The van der Waals surface area contributed by atoms with E-state index in [-0.39, 0.29) is 0 Å². The Morgan fingerprint density at radius 1 is 1.38 bits per heavy atom. The van der Waals surface area contributed by atoms with Gasteiger partial charge in [-0.25, -0.2) is 4.79 Å². The van der Waals surface area contributed by atoms with Crippen molar-refractivity contribution in [2.24, 2.45) is 0 Å². The highest BCUT2D eigenvalue weighted by atomic mass is 16.4. The molecule has 0 unspecified atom stereocenters. The number of hydrogen-bond acceptors (Lipinski definition) is 2. The molecule has 0 amide bonds. The summed E-state index contributed by atoms with van der Waals surface area (Å²) in [4.78, 5) is 12.7. The van der Waals surface area contributed by atoms with Gasteiger partial charge in [0.2, 0.25) is 0 Å². The third-order valence-corrected chi connectivity index (χ3v) is 2.29. The van der Waals surface area contributed by atoms with Gasteiger partial charge in [0, 0.05) is 12.6 Å². The molecule has 3 nitrogen and oxygen atoms in total. The van der Waals surface area contributed by atoms with E-state index in [9.17, 15) is 4.79 Å². The van der Waals surface area contributed by atoms with Gasteiger partial charge in [-0.1, -0.05) is 12.0 Å². The largest absolute Gasteiger partial charge is 0.478 e. The zero-order chi connectivity index (χ0) is 9.68. The second kappa shape index (κ2) is 5.02. The summed E-state index contributed by atoms with van der Waals surface area (Å²) in [6.07, 6.45) is 5.12. The van der Waals surface area contributed by atoms with Crippen LogP contribution in [0, 0.1) is 0 Å². The van der Waals surface area contributed by atoms with Crippen LogP contribution in [0.25, 0.3) is 0 Å². The van der Waals surface area contributed by atoms with E-state index in [1.54, 1.807) is 0 Å². The van der Waals surface area contributed by atoms with Crippen LogP contribution in [-0.4, -0.2) is 35.6 Å². The molecule has 0 aliphatic carbocycles. The van der Waals surface area contributed by atoms with Gasteiger partial charge in [0.15, 0.2) is 0 Å². The number of hydrogen-bond donors (Lipinski definition) is 1. The summed E-state index contributed by atoms with van der Waals surface area (Å²) in [5.41, 5.74) is 0.939. The second-order valence-corrected chi connectivity index (χ2v) is 3.67. The Labute approximate surface area is 79.0 Å². The van der Waals surface area contributed by atoms with Gasteiger partial charge < -0.3 is 5.11 Å². The molecule has 1 rings (SSSR count). The Hall–Kier alpha value is -0.830. The minimum Gasteiger partial charge on any atom is -0.478 e. The number of piperidine rings is 1. The number of likely N-dealkylation sites (tertiary alicyclic amines) is 1. The zero-order valence-electron chi connectivity index (χ0n) is 8.12. The monoisotopic (exact) mass is 183 g/mol. The molecule has 0 aromatic heterocycles. The molecule has 0 saturated carbocycles. The lowest BCUT2D eigenvalue weighted by atomic mass is 10.1. The maximum absolute atomic E-state index is 10.4. The molecular weight excluding hydrogens is 166 g/mol. The molecule has 1 fully saturated rings. The lowest BCUT2D eigenvalue weighted by Crippen LogP contribution is -2.31. The van der Waals surface area contributed by atoms with Crippen LogP contribution < -0.4 is 0 Å². The summed E-state index contributed by atoms with van der Waals surface area (Å²) < 4.78 is 0. The highest BCUT2D eigenvalue weighted by Crippen LogP contribution is 2.10. The number of carboxylic acid groups (broad SMARTS) is 1. The van der Waals surface area contributed by atoms with Crippen LogP contribution in [0.15, 0.2) is 11.6 Å². The SMILES string of the molecule is CC(=CC(=O)O)CN1CCCCC1. The van der Waals surface area contributed by atoms with Crippen molar-refractivity contribution in [1.29, 1.82) is 0 Å². The van der Waals surface area contributed by atoms with Crippen molar-refractivity contribution in [3.63, 3.8) is 0 Å². The van der Waals surface area contributed by atoms with Crippen LogP contribution in [-0.2, 0) is 4.79 Å². The molecule has 1 aliphatic rings. The van der Waals surface area contributed by atoms with Gasteiger partial charge in [-0.3, -0.25) is 4.90 Å².